The molecule has 0 saturated heterocycles. The molecule has 2 heteroatoms. The second-order valence-electron chi connectivity index (χ2n) is 14.7. The molecule has 4 rings (SSSR count). The summed E-state index contributed by atoms with van der Waals surface area (Å²) >= 11 is 0. The van der Waals surface area contributed by atoms with Gasteiger partial charge in [-0.15, -0.1) is 0 Å². The van der Waals surface area contributed by atoms with Gasteiger partial charge in [0.15, 0.2) is 0 Å². The quantitative estimate of drug-likeness (QED) is 0.377. The van der Waals surface area contributed by atoms with E-state index in [2.05, 4.69) is 74.1 Å². The van der Waals surface area contributed by atoms with Gasteiger partial charge in [-0.1, -0.05) is 80.9 Å². The van der Waals surface area contributed by atoms with Crippen LogP contribution in [0.4, 0.5) is 0 Å². The second-order valence-corrected chi connectivity index (χ2v) is 14.7. The van der Waals surface area contributed by atoms with Crippen LogP contribution in [-0.4, -0.2) is 13.1 Å². The van der Waals surface area contributed by atoms with E-state index in [9.17, 15) is 0 Å². The Morgan fingerprint density at radius 3 is 2.14 bits per heavy atom. The van der Waals surface area contributed by atoms with Gasteiger partial charge in [-0.25, -0.2) is 0 Å². The molecule has 2 nitrogen and oxygen atoms in total. The highest BCUT2D eigenvalue weighted by Crippen LogP contribution is 2.73. The minimum absolute atomic E-state index is 0.266. The molecule has 10 unspecified atom stereocenters. The summed E-state index contributed by atoms with van der Waals surface area (Å²) in [7, 11) is 1.50. The average molecular weight is 503 g/mol. The molecule has 4 aliphatic carbocycles. The fraction of sp³-hybridized carbons (Fsp3) is 0.941. The van der Waals surface area contributed by atoms with Gasteiger partial charge in [0.25, 0.3) is 0 Å². The highest BCUT2D eigenvalue weighted by atomic mass is 14.8. The van der Waals surface area contributed by atoms with Gasteiger partial charge in [0.05, 0.1) is 0 Å². The number of hydrogen-bond acceptors (Lipinski definition) is 2. The zero-order chi connectivity index (χ0) is 27.6. The molecule has 10 atom stereocenters. The predicted octanol–water partition coefficient (Wildman–Crippen LogP) is 9.08. The van der Waals surface area contributed by atoms with E-state index in [1.165, 1.54) is 58.4 Å². The van der Waals surface area contributed by atoms with E-state index in [-0.39, 0.29) is 5.41 Å². The van der Waals surface area contributed by atoms with Crippen molar-refractivity contribution < 1.29 is 0 Å². The summed E-state index contributed by atoms with van der Waals surface area (Å²) in [4.78, 5) is 0. The van der Waals surface area contributed by atoms with Gasteiger partial charge >= 0.3 is 0 Å². The summed E-state index contributed by atoms with van der Waals surface area (Å²) in [6.45, 7) is 26.9. The Bertz CT molecular complexity index is 723. The molecule has 4 fully saturated rings. The Hall–Kier alpha value is -0.340. The molecule has 36 heavy (non-hydrogen) atoms. The van der Waals surface area contributed by atoms with Crippen molar-refractivity contribution in [1.29, 1.82) is 0 Å². The van der Waals surface area contributed by atoms with E-state index in [0.29, 0.717) is 16.9 Å². The van der Waals surface area contributed by atoms with Gasteiger partial charge in [0.1, 0.15) is 0 Å². The number of rotatable bonds is 4. The van der Waals surface area contributed by atoms with Crippen molar-refractivity contribution >= 4 is 0 Å². The topological polar surface area (TPSA) is 52.0 Å². The van der Waals surface area contributed by atoms with Gasteiger partial charge in [-0.2, -0.15) is 0 Å². The molecule has 0 aromatic heterocycles. The van der Waals surface area contributed by atoms with Crippen molar-refractivity contribution in [3.8, 4) is 0 Å². The molecule has 0 aromatic rings. The van der Waals surface area contributed by atoms with E-state index in [4.69, 9.17) is 5.73 Å². The van der Waals surface area contributed by atoms with Crippen molar-refractivity contribution in [3.63, 3.8) is 0 Å². The van der Waals surface area contributed by atoms with E-state index in [1.54, 1.807) is 5.57 Å². The Balaban J connectivity index is 0.00000109. The van der Waals surface area contributed by atoms with Crippen LogP contribution >= 0.6 is 0 Å². The number of nitrogens with two attached hydrogens (primary N) is 2. The number of hydrogen-bond donors (Lipinski definition) is 2. The summed E-state index contributed by atoms with van der Waals surface area (Å²) in [6, 6.07) is 0.371. The van der Waals surface area contributed by atoms with Gasteiger partial charge in [0, 0.05) is 6.04 Å². The van der Waals surface area contributed by atoms with Crippen molar-refractivity contribution in [2.45, 2.75) is 134 Å². The van der Waals surface area contributed by atoms with Crippen molar-refractivity contribution in [1.82, 2.24) is 0 Å². The van der Waals surface area contributed by atoms with E-state index in [0.717, 1.165) is 47.3 Å². The lowest BCUT2D eigenvalue weighted by Gasteiger charge is -2.70. The minimum atomic E-state index is 0.266. The summed E-state index contributed by atoms with van der Waals surface area (Å²) in [5.41, 5.74) is 14.2. The summed E-state index contributed by atoms with van der Waals surface area (Å²) in [6.07, 6.45) is 13.6. The van der Waals surface area contributed by atoms with Crippen LogP contribution in [0.5, 0.6) is 0 Å². The van der Waals surface area contributed by atoms with Gasteiger partial charge < -0.3 is 11.5 Å². The Morgan fingerprint density at radius 1 is 0.944 bits per heavy atom. The van der Waals surface area contributed by atoms with Crippen LogP contribution in [0, 0.1) is 63.6 Å². The molecule has 4 saturated carbocycles. The fourth-order valence-corrected chi connectivity index (χ4v) is 10.9. The van der Waals surface area contributed by atoms with Crippen LogP contribution in [0.1, 0.15) is 128 Å². The Kier molecular flexibility index (Phi) is 10.8. The zero-order valence-corrected chi connectivity index (χ0v) is 26.6. The lowest BCUT2D eigenvalue weighted by Crippen LogP contribution is -2.65. The Labute approximate surface area is 227 Å². The van der Waals surface area contributed by atoms with Gasteiger partial charge in [0.2, 0.25) is 0 Å². The maximum absolute atomic E-state index is 6.76. The molecule has 0 spiro atoms. The molecular weight excluding hydrogens is 436 g/mol. The van der Waals surface area contributed by atoms with Crippen LogP contribution in [0.15, 0.2) is 11.6 Å². The summed E-state index contributed by atoms with van der Waals surface area (Å²) < 4.78 is 0. The smallest absolute Gasteiger partial charge is 0.00934 e. The maximum atomic E-state index is 6.76. The van der Waals surface area contributed by atoms with E-state index >= 15 is 0 Å². The largest absolute Gasteiger partial charge is 0.333 e. The van der Waals surface area contributed by atoms with Gasteiger partial charge in [-0.05, 0) is 129 Å². The molecule has 4 aliphatic rings. The molecule has 0 radical (unpaired) electrons. The Morgan fingerprint density at radius 2 is 1.56 bits per heavy atom. The monoisotopic (exact) mass is 503 g/mol. The van der Waals surface area contributed by atoms with Crippen molar-refractivity contribution in [3.05, 3.63) is 11.6 Å². The highest BCUT2D eigenvalue weighted by Gasteiger charge is 2.67. The van der Waals surface area contributed by atoms with Crippen LogP contribution in [0.3, 0.4) is 0 Å². The molecule has 0 aliphatic heterocycles. The SMILES string of the molecule is C/C(=C\CCC(C)C)C1CCC2C1C(C)CC1C2(C)CC(C)C2C(C)(C)C(N)CCC21C.CC.CN. The fourth-order valence-electron chi connectivity index (χ4n) is 10.9. The molecule has 0 bridgehead atoms. The highest BCUT2D eigenvalue weighted by molar-refractivity contribution is 5.19. The van der Waals surface area contributed by atoms with Crippen LogP contribution in [-0.2, 0) is 0 Å². The number of fused-ring (bicyclic) bond motifs is 5. The normalized spacial score (nSPS) is 45.4. The summed E-state index contributed by atoms with van der Waals surface area (Å²) in [5.74, 6) is 6.80. The zero-order valence-electron chi connectivity index (χ0n) is 26.6. The molecular formula is C34H66N2. The van der Waals surface area contributed by atoms with Gasteiger partial charge in [-0.3, -0.25) is 0 Å². The molecule has 0 aromatic carbocycles. The third-order valence-electron chi connectivity index (χ3n) is 12.0. The van der Waals surface area contributed by atoms with Crippen molar-refractivity contribution in [2.75, 3.05) is 7.05 Å². The maximum Gasteiger partial charge on any atom is 0.00934 e. The first-order valence-corrected chi connectivity index (χ1v) is 15.8. The summed E-state index contributed by atoms with van der Waals surface area (Å²) in [5, 5.41) is 0. The lowest BCUT2D eigenvalue weighted by atomic mass is 9.35. The molecule has 0 amide bonds. The third-order valence-corrected chi connectivity index (χ3v) is 12.0. The van der Waals surface area contributed by atoms with E-state index < -0.39 is 0 Å². The molecule has 4 N–H and O–H groups in total. The van der Waals surface area contributed by atoms with Crippen LogP contribution in [0.25, 0.3) is 0 Å². The predicted molar refractivity (Wildman–Crippen MR) is 161 cm³/mol. The lowest BCUT2D eigenvalue weighted by molar-refractivity contribution is -0.207. The first-order chi connectivity index (χ1) is 16.8. The average Bonchev–Trinajstić information content (AvgIpc) is 3.28. The second kappa shape index (κ2) is 12.2. The minimum Gasteiger partial charge on any atom is -0.333 e. The molecule has 0 heterocycles. The van der Waals surface area contributed by atoms with Crippen molar-refractivity contribution in [2.24, 2.45) is 75.1 Å². The van der Waals surface area contributed by atoms with E-state index in [1.807, 2.05) is 13.8 Å². The standard InChI is InChI=1S/C31H55N.C2H6.CH5N/c1-19(2)11-10-12-20(3)23-13-14-24-27(23)21(4)17-25-30(8)16-15-26(32)29(6,7)28(30)22(5)18-31(24,25)9;2*1-2/h12,19,21-28H,10-11,13-18,32H2,1-9H3;1-2H3;2H2,1H3/b20-12+;;. The van der Waals surface area contributed by atoms with Crippen LogP contribution in [0.2, 0.25) is 0 Å². The first-order valence-electron chi connectivity index (χ1n) is 15.8. The number of allylic oxidation sites excluding steroid dienone is 2. The van der Waals surface area contributed by atoms with Crippen LogP contribution < -0.4 is 11.5 Å². The first kappa shape index (κ1) is 31.9. The third kappa shape index (κ3) is 5.38. The molecule has 212 valence electrons.